The van der Waals surface area contributed by atoms with Gasteiger partial charge in [-0.2, -0.15) is 10.1 Å². The Morgan fingerprint density at radius 3 is 2.82 bits per heavy atom. The zero-order valence-corrected chi connectivity index (χ0v) is 19.8. The van der Waals surface area contributed by atoms with Crippen LogP contribution in [0, 0.1) is 0 Å². The maximum atomic E-state index is 13.5. The molecule has 180 valence electrons. The second kappa shape index (κ2) is 11.1. The third-order valence-corrected chi connectivity index (χ3v) is 7.81. The Bertz CT molecular complexity index is 1060. The highest BCUT2D eigenvalue weighted by molar-refractivity contribution is 8.00. The second-order valence-electron chi connectivity index (χ2n) is 7.14. The van der Waals surface area contributed by atoms with Crippen LogP contribution in [-0.4, -0.2) is 56.2 Å². The number of carbonyl (C=O) groups is 1. The predicted octanol–water partition coefficient (Wildman–Crippen LogP) is 1.33. The quantitative estimate of drug-likeness (QED) is 0.317. The van der Waals surface area contributed by atoms with Crippen molar-refractivity contribution in [2.45, 2.75) is 43.0 Å². The van der Waals surface area contributed by atoms with Crippen LogP contribution >= 0.6 is 19.5 Å². The molecule has 12 nitrogen and oxygen atoms in total. The molecular weight excluding hydrogens is 473 g/mol. The van der Waals surface area contributed by atoms with Gasteiger partial charge in [-0.1, -0.05) is 18.2 Å². The Morgan fingerprint density at radius 2 is 2.15 bits per heavy atom. The van der Waals surface area contributed by atoms with Crippen molar-refractivity contribution in [3.8, 4) is 5.75 Å². The van der Waals surface area contributed by atoms with Crippen molar-refractivity contribution in [3.63, 3.8) is 0 Å². The summed E-state index contributed by atoms with van der Waals surface area (Å²) in [6.45, 7) is 3.12. The van der Waals surface area contributed by atoms with E-state index in [1.54, 1.807) is 37.3 Å². The van der Waals surface area contributed by atoms with Crippen LogP contribution in [0.4, 0.5) is 5.95 Å². The molecule has 1 aliphatic rings. The molecule has 33 heavy (non-hydrogen) atoms. The minimum Gasteiger partial charge on any atom is -0.465 e. The molecule has 1 aromatic carbocycles. The third-order valence-electron chi connectivity index (χ3n) is 4.63. The summed E-state index contributed by atoms with van der Waals surface area (Å²) >= 11 is 1.24. The monoisotopic (exact) mass is 499 g/mol. The van der Waals surface area contributed by atoms with Gasteiger partial charge in [0.1, 0.15) is 18.1 Å². The first kappa shape index (κ1) is 25.2. The molecule has 1 saturated heterocycles. The Hall–Kier alpha value is -2.44. The number of aliphatic hydroxyl groups is 1. The molecule has 2 heterocycles. The summed E-state index contributed by atoms with van der Waals surface area (Å²) in [7, 11) is -4.05. The fourth-order valence-corrected chi connectivity index (χ4v) is 6.07. The number of carbonyl (C=O) groups excluding carboxylic acids is 1. The predicted molar refractivity (Wildman–Crippen MR) is 122 cm³/mol. The summed E-state index contributed by atoms with van der Waals surface area (Å²) < 4.78 is 30.9. The maximum absolute atomic E-state index is 13.5. The van der Waals surface area contributed by atoms with Crippen LogP contribution in [0.5, 0.6) is 5.75 Å². The van der Waals surface area contributed by atoms with E-state index in [0.717, 1.165) is 0 Å². The average molecular weight is 499 g/mol. The van der Waals surface area contributed by atoms with Gasteiger partial charge in [-0.15, -0.1) is 11.8 Å². The SMILES string of the molecule is CCOC(=O)[C@H](C)N[P@](=O)(OC[C@H]1S[C@@H](n2cnc(N)nc2=O)C[C@H]1O)Oc1ccccc1. The standard InChI is InChI=1S/C19H26N5O7PS/c1-3-29-17(26)12(2)23-32(28,31-13-7-5-4-6-8-13)30-10-15-14(25)9-16(33-15)24-11-21-18(20)22-19(24)27/h4-8,11-12,14-16,25H,3,9-10H2,1-2H3,(H,23,28)(H2,20,22,27)/t12-,14+,15+,16+,32-/m0/s1. The molecule has 0 unspecified atom stereocenters. The van der Waals surface area contributed by atoms with Crippen molar-refractivity contribution in [3.05, 3.63) is 47.1 Å². The van der Waals surface area contributed by atoms with Crippen LogP contribution in [0.1, 0.15) is 25.6 Å². The maximum Gasteiger partial charge on any atom is 0.459 e. The molecule has 0 amide bonds. The molecule has 0 radical (unpaired) electrons. The molecule has 4 N–H and O–H groups in total. The first-order valence-electron chi connectivity index (χ1n) is 10.2. The lowest BCUT2D eigenvalue weighted by molar-refractivity contribution is -0.144. The van der Waals surface area contributed by atoms with E-state index in [1.165, 1.54) is 29.6 Å². The van der Waals surface area contributed by atoms with Crippen molar-refractivity contribution in [1.29, 1.82) is 0 Å². The Kier molecular flexibility index (Phi) is 8.49. The number of ether oxygens (including phenoxy) is 1. The number of aromatic nitrogens is 3. The van der Waals surface area contributed by atoms with Crippen LogP contribution in [0.2, 0.25) is 0 Å². The molecule has 3 rings (SSSR count). The number of rotatable bonds is 10. The first-order valence-corrected chi connectivity index (χ1v) is 12.7. The average Bonchev–Trinajstić information content (AvgIpc) is 3.13. The molecule has 2 aromatic rings. The number of hydrogen-bond donors (Lipinski definition) is 3. The number of benzene rings is 1. The number of nitrogens with one attached hydrogen (secondary N) is 1. The van der Waals surface area contributed by atoms with Crippen molar-refractivity contribution in [1.82, 2.24) is 19.6 Å². The molecule has 0 bridgehead atoms. The van der Waals surface area contributed by atoms with Crippen LogP contribution < -0.4 is 21.0 Å². The summed E-state index contributed by atoms with van der Waals surface area (Å²) in [6, 6.07) is 7.37. The first-order chi connectivity index (χ1) is 15.7. The number of thioether (sulfide) groups is 1. The van der Waals surface area contributed by atoms with Gasteiger partial charge in [-0.25, -0.2) is 14.3 Å². The lowest BCUT2D eigenvalue weighted by Gasteiger charge is -2.24. The summed E-state index contributed by atoms with van der Waals surface area (Å²) in [4.78, 5) is 31.5. The Morgan fingerprint density at radius 1 is 1.42 bits per heavy atom. The molecule has 14 heteroatoms. The molecule has 0 aliphatic carbocycles. The largest absolute Gasteiger partial charge is 0.465 e. The van der Waals surface area contributed by atoms with Gasteiger partial charge >= 0.3 is 19.4 Å². The van der Waals surface area contributed by atoms with Gasteiger partial charge in [0.05, 0.1) is 29.9 Å². The second-order valence-corrected chi connectivity index (χ2v) is 10.3. The Balaban J connectivity index is 1.71. The molecule has 1 fully saturated rings. The number of hydrogen-bond acceptors (Lipinski definition) is 11. The van der Waals surface area contributed by atoms with Crippen molar-refractivity contribution in [2.75, 3.05) is 18.9 Å². The third kappa shape index (κ3) is 6.78. The molecule has 1 aliphatic heterocycles. The van der Waals surface area contributed by atoms with E-state index < -0.39 is 42.2 Å². The van der Waals surface area contributed by atoms with Crippen LogP contribution in [-0.2, 0) is 18.6 Å². The summed E-state index contributed by atoms with van der Waals surface area (Å²) in [5.41, 5.74) is 4.84. The van der Waals surface area contributed by atoms with E-state index in [-0.39, 0.29) is 31.3 Å². The van der Waals surface area contributed by atoms with Gasteiger partial charge in [0.15, 0.2) is 0 Å². The van der Waals surface area contributed by atoms with E-state index >= 15 is 0 Å². The smallest absolute Gasteiger partial charge is 0.459 e. The van der Waals surface area contributed by atoms with Gasteiger partial charge in [0.25, 0.3) is 0 Å². The van der Waals surface area contributed by atoms with Gasteiger partial charge in [0, 0.05) is 6.42 Å². The summed E-state index contributed by atoms with van der Waals surface area (Å²) in [6.07, 6.45) is 0.629. The number of anilines is 1. The molecule has 0 spiro atoms. The van der Waals surface area contributed by atoms with Gasteiger partial charge in [0.2, 0.25) is 5.95 Å². The van der Waals surface area contributed by atoms with Crippen LogP contribution in [0.3, 0.4) is 0 Å². The van der Waals surface area contributed by atoms with Gasteiger partial charge < -0.3 is 20.1 Å². The fraction of sp³-hybridized carbons (Fsp3) is 0.474. The van der Waals surface area contributed by atoms with Crippen molar-refractivity contribution in [2.24, 2.45) is 0 Å². The van der Waals surface area contributed by atoms with E-state index in [1.807, 2.05) is 0 Å². The number of nitrogens with zero attached hydrogens (tertiary/aromatic N) is 3. The zero-order valence-electron chi connectivity index (χ0n) is 18.1. The highest BCUT2D eigenvalue weighted by atomic mass is 32.2. The molecule has 0 saturated carbocycles. The summed E-state index contributed by atoms with van der Waals surface area (Å²) in [5, 5.41) is 12.1. The van der Waals surface area contributed by atoms with E-state index in [2.05, 4.69) is 15.1 Å². The highest BCUT2D eigenvalue weighted by Crippen LogP contribution is 2.48. The number of aliphatic hydroxyl groups excluding tert-OH is 1. The number of nitrogens with two attached hydrogens (primary N) is 1. The fourth-order valence-electron chi connectivity index (χ4n) is 3.03. The Labute approximate surface area is 194 Å². The van der Waals surface area contributed by atoms with E-state index in [4.69, 9.17) is 19.5 Å². The minimum atomic E-state index is -4.05. The lowest BCUT2D eigenvalue weighted by atomic mass is 10.2. The molecule has 5 atom stereocenters. The molecule has 1 aromatic heterocycles. The molecular formula is C19H26N5O7PS. The van der Waals surface area contributed by atoms with Crippen LogP contribution in [0.15, 0.2) is 41.5 Å². The van der Waals surface area contributed by atoms with Crippen molar-refractivity contribution < 1.29 is 28.3 Å². The zero-order chi connectivity index (χ0) is 24.0. The van der Waals surface area contributed by atoms with Crippen LogP contribution in [0.25, 0.3) is 0 Å². The number of nitrogen functional groups attached to an aromatic ring is 1. The summed E-state index contributed by atoms with van der Waals surface area (Å²) in [5.74, 6) is -0.482. The lowest BCUT2D eigenvalue weighted by Crippen LogP contribution is -2.36. The van der Waals surface area contributed by atoms with E-state index in [9.17, 15) is 19.3 Å². The van der Waals surface area contributed by atoms with Gasteiger partial charge in [-0.05, 0) is 26.0 Å². The van der Waals surface area contributed by atoms with E-state index in [0.29, 0.717) is 0 Å². The minimum absolute atomic E-state index is 0.138. The highest BCUT2D eigenvalue weighted by Gasteiger charge is 2.39. The number of esters is 1. The van der Waals surface area contributed by atoms with Gasteiger partial charge in [-0.3, -0.25) is 13.9 Å². The normalized spacial score (nSPS) is 22.9. The topological polar surface area (TPSA) is 168 Å². The van der Waals surface area contributed by atoms with Crippen molar-refractivity contribution >= 4 is 31.4 Å². The number of para-hydroxylation sites is 1.